The molecule has 1 saturated heterocycles. The van der Waals surface area contributed by atoms with E-state index in [0.29, 0.717) is 53.0 Å². The van der Waals surface area contributed by atoms with E-state index >= 15 is 0 Å². The standard InChI is InChI=1S/C25H23N5O4/c31-30(32)21-15-17(6-8-20(21)28-11-2-1-3-12-28)24-27-19-5-4-10-26-25(19)29(24)18-7-9-22-23(16-18)34-14-13-33-22/h4-10,15-16H,1-3,11-14H2. The van der Waals surface area contributed by atoms with Crippen LogP contribution < -0.4 is 14.4 Å². The second kappa shape index (κ2) is 8.33. The number of hydrogen-bond donors (Lipinski definition) is 0. The lowest BCUT2D eigenvalue weighted by Crippen LogP contribution is -2.29. The highest BCUT2D eigenvalue weighted by Gasteiger charge is 2.25. The van der Waals surface area contributed by atoms with Crippen molar-refractivity contribution in [2.24, 2.45) is 0 Å². The smallest absolute Gasteiger partial charge is 0.293 e. The summed E-state index contributed by atoms with van der Waals surface area (Å²) in [7, 11) is 0. The number of ether oxygens (including phenoxy) is 2. The number of imidazole rings is 1. The second-order valence-electron chi connectivity index (χ2n) is 8.45. The number of aromatic nitrogens is 3. The summed E-state index contributed by atoms with van der Waals surface area (Å²) in [6.45, 7) is 2.66. The van der Waals surface area contributed by atoms with Crippen LogP contribution in [-0.2, 0) is 0 Å². The van der Waals surface area contributed by atoms with Gasteiger partial charge in [-0.2, -0.15) is 0 Å². The highest BCUT2D eigenvalue weighted by molar-refractivity contribution is 5.82. The van der Waals surface area contributed by atoms with Crippen LogP contribution in [0.4, 0.5) is 11.4 Å². The van der Waals surface area contributed by atoms with Gasteiger partial charge in [0.2, 0.25) is 0 Å². The zero-order chi connectivity index (χ0) is 23.1. The number of hydrogen-bond acceptors (Lipinski definition) is 7. The van der Waals surface area contributed by atoms with Crippen molar-refractivity contribution in [2.75, 3.05) is 31.2 Å². The predicted octanol–water partition coefficient (Wildman–Crippen LogP) is 4.76. The average Bonchev–Trinajstić information content (AvgIpc) is 3.28. The van der Waals surface area contributed by atoms with E-state index in [-0.39, 0.29) is 10.6 Å². The molecule has 4 aromatic rings. The Bertz CT molecular complexity index is 1390. The van der Waals surface area contributed by atoms with Gasteiger partial charge in [0.25, 0.3) is 5.69 Å². The number of piperidine rings is 1. The van der Waals surface area contributed by atoms with E-state index in [0.717, 1.165) is 38.0 Å². The van der Waals surface area contributed by atoms with Gasteiger partial charge in [-0.3, -0.25) is 14.7 Å². The van der Waals surface area contributed by atoms with Gasteiger partial charge in [-0.05, 0) is 55.7 Å². The van der Waals surface area contributed by atoms with E-state index in [1.54, 1.807) is 12.3 Å². The molecule has 0 unspecified atom stereocenters. The molecule has 9 nitrogen and oxygen atoms in total. The fourth-order valence-corrected chi connectivity index (χ4v) is 4.73. The van der Waals surface area contributed by atoms with Gasteiger partial charge in [0.1, 0.15) is 30.2 Å². The second-order valence-corrected chi connectivity index (χ2v) is 8.45. The molecule has 2 aromatic carbocycles. The monoisotopic (exact) mass is 457 g/mol. The van der Waals surface area contributed by atoms with Crippen LogP contribution in [0.1, 0.15) is 19.3 Å². The van der Waals surface area contributed by atoms with Crippen molar-refractivity contribution in [2.45, 2.75) is 19.3 Å². The van der Waals surface area contributed by atoms with Crippen LogP contribution in [0, 0.1) is 10.1 Å². The third kappa shape index (κ3) is 3.49. The molecule has 0 spiro atoms. The van der Waals surface area contributed by atoms with Crippen molar-refractivity contribution in [1.29, 1.82) is 0 Å². The fourth-order valence-electron chi connectivity index (χ4n) is 4.73. The molecule has 2 aliphatic rings. The molecule has 0 N–H and O–H groups in total. The first kappa shape index (κ1) is 20.5. The summed E-state index contributed by atoms with van der Waals surface area (Å²) >= 11 is 0. The SMILES string of the molecule is O=[N+]([O-])c1cc(-c2nc3cccnc3n2-c2ccc3c(c2)OCCO3)ccc1N1CCCCC1. The Morgan fingerprint density at radius 1 is 0.941 bits per heavy atom. The minimum absolute atomic E-state index is 0.0909. The Morgan fingerprint density at radius 3 is 2.59 bits per heavy atom. The summed E-state index contributed by atoms with van der Waals surface area (Å²) in [5, 5.41) is 12.0. The minimum Gasteiger partial charge on any atom is -0.486 e. The van der Waals surface area contributed by atoms with Gasteiger partial charge in [-0.25, -0.2) is 9.97 Å². The molecule has 0 atom stereocenters. The molecule has 9 heteroatoms. The number of rotatable bonds is 4. The van der Waals surface area contributed by atoms with Gasteiger partial charge in [-0.15, -0.1) is 0 Å². The average molecular weight is 457 g/mol. The van der Waals surface area contributed by atoms with Crippen LogP contribution in [0.25, 0.3) is 28.2 Å². The van der Waals surface area contributed by atoms with Crippen molar-refractivity contribution < 1.29 is 14.4 Å². The third-order valence-electron chi connectivity index (χ3n) is 6.33. The molecule has 6 rings (SSSR count). The third-order valence-corrected chi connectivity index (χ3v) is 6.33. The number of anilines is 1. The summed E-state index contributed by atoms with van der Waals surface area (Å²) in [5.74, 6) is 1.92. The molecule has 2 aliphatic heterocycles. The molecule has 34 heavy (non-hydrogen) atoms. The Kier molecular flexibility index (Phi) is 5.01. The van der Waals surface area contributed by atoms with Crippen molar-refractivity contribution >= 4 is 22.5 Å². The molecular weight excluding hydrogens is 434 g/mol. The van der Waals surface area contributed by atoms with Crippen LogP contribution >= 0.6 is 0 Å². The summed E-state index contributed by atoms with van der Waals surface area (Å²) in [4.78, 5) is 23.2. The predicted molar refractivity (Wildman–Crippen MR) is 128 cm³/mol. The molecule has 1 fully saturated rings. The summed E-state index contributed by atoms with van der Waals surface area (Å²) in [6, 6.07) is 14.8. The van der Waals surface area contributed by atoms with Crippen molar-refractivity contribution in [3.05, 3.63) is 64.8 Å². The van der Waals surface area contributed by atoms with E-state index in [1.165, 1.54) is 0 Å². The zero-order valence-electron chi connectivity index (χ0n) is 18.5. The van der Waals surface area contributed by atoms with Crippen LogP contribution in [0.2, 0.25) is 0 Å². The lowest BCUT2D eigenvalue weighted by molar-refractivity contribution is -0.384. The summed E-state index contributed by atoms with van der Waals surface area (Å²) in [6.07, 6.45) is 4.97. The molecule has 4 heterocycles. The molecule has 0 aliphatic carbocycles. The first-order valence-electron chi connectivity index (χ1n) is 11.5. The number of pyridine rings is 1. The first-order chi connectivity index (χ1) is 16.7. The number of benzene rings is 2. The van der Waals surface area contributed by atoms with Crippen LogP contribution in [0.5, 0.6) is 11.5 Å². The maximum Gasteiger partial charge on any atom is 0.293 e. The highest BCUT2D eigenvalue weighted by Crippen LogP contribution is 2.38. The molecule has 0 saturated carbocycles. The molecule has 2 aromatic heterocycles. The Labute approximate surface area is 195 Å². The van der Waals surface area contributed by atoms with E-state index in [1.807, 2.05) is 47.0 Å². The van der Waals surface area contributed by atoms with Crippen molar-refractivity contribution in [3.8, 4) is 28.6 Å². The van der Waals surface area contributed by atoms with E-state index in [2.05, 4.69) is 9.88 Å². The molecule has 172 valence electrons. The Hall–Kier alpha value is -4.14. The van der Waals surface area contributed by atoms with Crippen LogP contribution in [0.3, 0.4) is 0 Å². The van der Waals surface area contributed by atoms with Crippen molar-refractivity contribution in [1.82, 2.24) is 14.5 Å². The van der Waals surface area contributed by atoms with Gasteiger partial charge in [0.15, 0.2) is 17.1 Å². The minimum atomic E-state index is -0.303. The maximum absolute atomic E-state index is 12.0. The summed E-state index contributed by atoms with van der Waals surface area (Å²) < 4.78 is 13.4. The lowest BCUT2D eigenvalue weighted by Gasteiger charge is -2.28. The molecule has 0 radical (unpaired) electrons. The van der Waals surface area contributed by atoms with Gasteiger partial charge in [0, 0.05) is 37.0 Å². The van der Waals surface area contributed by atoms with Gasteiger partial charge >= 0.3 is 0 Å². The number of fused-ring (bicyclic) bond motifs is 2. The quantitative estimate of drug-likeness (QED) is 0.322. The number of nitrogens with zero attached hydrogens (tertiary/aromatic N) is 5. The van der Waals surface area contributed by atoms with E-state index < -0.39 is 0 Å². The van der Waals surface area contributed by atoms with Gasteiger partial charge in [-0.1, -0.05) is 0 Å². The topological polar surface area (TPSA) is 95.5 Å². The number of nitro benzene ring substituents is 1. The normalized spacial score (nSPS) is 15.5. The lowest BCUT2D eigenvalue weighted by atomic mass is 10.1. The fraction of sp³-hybridized carbons (Fsp3) is 0.280. The van der Waals surface area contributed by atoms with Crippen LogP contribution in [0.15, 0.2) is 54.7 Å². The molecule has 0 amide bonds. The number of nitro groups is 1. The Balaban J connectivity index is 1.52. The van der Waals surface area contributed by atoms with Crippen LogP contribution in [-0.4, -0.2) is 45.8 Å². The highest BCUT2D eigenvalue weighted by atomic mass is 16.6. The zero-order valence-corrected chi connectivity index (χ0v) is 18.5. The molecular formula is C25H23N5O4. The Morgan fingerprint density at radius 2 is 1.76 bits per heavy atom. The maximum atomic E-state index is 12.0. The van der Waals surface area contributed by atoms with E-state index in [4.69, 9.17) is 14.5 Å². The van der Waals surface area contributed by atoms with Crippen molar-refractivity contribution in [3.63, 3.8) is 0 Å². The van der Waals surface area contributed by atoms with Gasteiger partial charge in [0.05, 0.1) is 10.6 Å². The van der Waals surface area contributed by atoms with Gasteiger partial charge < -0.3 is 14.4 Å². The molecule has 0 bridgehead atoms. The first-order valence-corrected chi connectivity index (χ1v) is 11.5. The summed E-state index contributed by atoms with van der Waals surface area (Å²) in [5.41, 5.74) is 3.57. The largest absolute Gasteiger partial charge is 0.486 e. The van der Waals surface area contributed by atoms with E-state index in [9.17, 15) is 10.1 Å².